The van der Waals surface area contributed by atoms with Gasteiger partial charge in [-0.1, -0.05) is 0 Å². The molecule has 2 unspecified atom stereocenters. The van der Waals surface area contributed by atoms with E-state index < -0.39 is 0 Å². The van der Waals surface area contributed by atoms with Gasteiger partial charge in [0.2, 0.25) is 0 Å². The molecule has 1 aliphatic rings. The van der Waals surface area contributed by atoms with Crippen LogP contribution in [0.15, 0.2) is 16.6 Å². The summed E-state index contributed by atoms with van der Waals surface area (Å²) < 4.78 is 24.5. The normalized spacial score (nSPS) is 23.7. The van der Waals surface area contributed by atoms with Crippen LogP contribution < -0.4 is 10.6 Å². The van der Waals surface area contributed by atoms with Gasteiger partial charge in [0, 0.05) is 33.4 Å². The SMILES string of the molecule is COC1CN(c2cc(Br)c(F)cc2N)CC1OC. The Morgan fingerprint density at radius 3 is 2.33 bits per heavy atom. The number of nitrogens with zero attached hydrogens (tertiary/aromatic N) is 1. The fourth-order valence-corrected chi connectivity index (χ4v) is 2.55. The number of nitrogen functional groups attached to an aromatic ring is 1. The van der Waals surface area contributed by atoms with Crippen molar-refractivity contribution < 1.29 is 13.9 Å². The second-order valence-corrected chi connectivity index (χ2v) is 5.13. The predicted molar refractivity (Wildman–Crippen MR) is 72.3 cm³/mol. The smallest absolute Gasteiger partial charge is 0.139 e. The highest BCUT2D eigenvalue weighted by atomic mass is 79.9. The lowest BCUT2D eigenvalue weighted by Gasteiger charge is -2.20. The molecule has 100 valence electrons. The Balaban J connectivity index is 2.25. The minimum atomic E-state index is -0.359. The maximum absolute atomic E-state index is 13.3. The standard InChI is InChI=1S/C12H16BrFN2O2/c1-17-11-5-16(6-12(11)18-2)10-3-7(13)8(14)4-9(10)15/h3-4,11-12H,5-6,15H2,1-2H3. The third-order valence-corrected chi connectivity index (χ3v) is 3.84. The molecule has 4 nitrogen and oxygen atoms in total. The third kappa shape index (κ3) is 2.46. The van der Waals surface area contributed by atoms with Crippen LogP contribution >= 0.6 is 15.9 Å². The molecule has 6 heteroatoms. The van der Waals surface area contributed by atoms with Crippen molar-refractivity contribution in [1.82, 2.24) is 0 Å². The summed E-state index contributed by atoms with van der Waals surface area (Å²) in [6.07, 6.45) is -0.00328. The van der Waals surface area contributed by atoms with Crippen molar-refractivity contribution in [1.29, 1.82) is 0 Å². The van der Waals surface area contributed by atoms with Crippen LogP contribution in [-0.2, 0) is 9.47 Å². The van der Waals surface area contributed by atoms with E-state index in [2.05, 4.69) is 15.9 Å². The number of rotatable bonds is 3. The predicted octanol–water partition coefficient (Wildman–Crippen LogP) is 2.02. The van der Waals surface area contributed by atoms with Crippen molar-refractivity contribution in [3.8, 4) is 0 Å². The highest BCUT2D eigenvalue weighted by molar-refractivity contribution is 9.10. The zero-order chi connectivity index (χ0) is 13.3. The molecule has 1 fully saturated rings. The van der Waals surface area contributed by atoms with Gasteiger partial charge in [0.1, 0.15) is 18.0 Å². The first-order valence-corrected chi connectivity index (χ1v) is 6.41. The number of hydrogen-bond donors (Lipinski definition) is 1. The Bertz CT molecular complexity index is 432. The van der Waals surface area contributed by atoms with Crippen molar-refractivity contribution in [2.45, 2.75) is 12.2 Å². The van der Waals surface area contributed by atoms with Gasteiger partial charge < -0.3 is 20.1 Å². The summed E-state index contributed by atoms with van der Waals surface area (Å²) in [5.41, 5.74) is 7.07. The molecule has 2 atom stereocenters. The van der Waals surface area contributed by atoms with Crippen molar-refractivity contribution in [2.24, 2.45) is 0 Å². The molecule has 2 N–H and O–H groups in total. The van der Waals surface area contributed by atoms with Gasteiger partial charge in [0.15, 0.2) is 0 Å². The van der Waals surface area contributed by atoms with Crippen molar-refractivity contribution in [3.63, 3.8) is 0 Å². The van der Waals surface area contributed by atoms with Crippen LogP contribution in [0, 0.1) is 5.82 Å². The molecule has 0 aromatic heterocycles. The molecular formula is C12H16BrFN2O2. The molecule has 0 amide bonds. The summed E-state index contributed by atoms with van der Waals surface area (Å²) in [6, 6.07) is 3.01. The van der Waals surface area contributed by atoms with Gasteiger partial charge in [-0.15, -0.1) is 0 Å². The maximum Gasteiger partial charge on any atom is 0.139 e. The molecule has 1 aliphatic heterocycles. The van der Waals surface area contributed by atoms with Gasteiger partial charge in [-0.3, -0.25) is 0 Å². The fraction of sp³-hybridized carbons (Fsp3) is 0.500. The lowest BCUT2D eigenvalue weighted by molar-refractivity contribution is -0.00461. The number of anilines is 2. The van der Waals surface area contributed by atoms with Gasteiger partial charge >= 0.3 is 0 Å². The molecule has 18 heavy (non-hydrogen) atoms. The van der Waals surface area contributed by atoms with Crippen molar-refractivity contribution in [2.75, 3.05) is 37.9 Å². The molecular weight excluding hydrogens is 303 g/mol. The van der Waals surface area contributed by atoms with Crippen molar-refractivity contribution >= 4 is 27.3 Å². The first-order chi connectivity index (χ1) is 8.56. The minimum Gasteiger partial charge on any atom is -0.397 e. The molecule has 1 heterocycles. The number of methoxy groups -OCH3 is 2. The largest absolute Gasteiger partial charge is 0.397 e. The molecule has 0 spiro atoms. The second-order valence-electron chi connectivity index (χ2n) is 4.28. The van der Waals surface area contributed by atoms with E-state index in [-0.39, 0.29) is 18.0 Å². The Hall–Kier alpha value is -0.850. The average Bonchev–Trinajstić information content (AvgIpc) is 2.76. The number of nitrogens with two attached hydrogens (primary N) is 1. The average molecular weight is 319 g/mol. The molecule has 0 aliphatic carbocycles. The summed E-state index contributed by atoms with van der Waals surface area (Å²) in [6.45, 7) is 1.36. The molecule has 1 saturated heterocycles. The topological polar surface area (TPSA) is 47.7 Å². The summed E-state index contributed by atoms with van der Waals surface area (Å²) >= 11 is 3.17. The van der Waals surface area contributed by atoms with Crippen LogP contribution in [0.4, 0.5) is 15.8 Å². The monoisotopic (exact) mass is 318 g/mol. The summed E-state index contributed by atoms with van der Waals surface area (Å²) in [4.78, 5) is 2.04. The number of benzene rings is 1. The van der Waals surface area contributed by atoms with E-state index in [1.165, 1.54) is 6.07 Å². The Morgan fingerprint density at radius 2 is 1.83 bits per heavy atom. The maximum atomic E-state index is 13.3. The van der Waals surface area contributed by atoms with E-state index in [4.69, 9.17) is 15.2 Å². The van der Waals surface area contributed by atoms with Crippen LogP contribution in [0.3, 0.4) is 0 Å². The zero-order valence-electron chi connectivity index (χ0n) is 10.3. The van der Waals surface area contributed by atoms with Crippen LogP contribution in [-0.4, -0.2) is 39.5 Å². The van der Waals surface area contributed by atoms with Gasteiger partial charge in [0.25, 0.3) is 0 Å². The van der Waals surface area contributed by atoms with E-state index >= 15 is 0 Å². The third-order valence-electron chi connectivity index (χ3n) is 3.23. The second kappa shape index (κ2) is 5.42. The highest BCUT2D eigenvalue weighted by Crippen LogP contribution is 2.32. The molecule has 1 aromatic carbocycles. The lowest BCUT2D eigenvalue weighted by Crippen LogP contribution is -2.27. The lowest BCUT2D eigenvalue weighted by atomic mass is 10.2. The van der Waals surface area contributed by atoms with E-state index in [0.29, 0.717) is 23.2 Å². The van der Waals surface area contributed by atoms with Crippen LogP contribution in [0.25, 0.3) is 0 Å². The summed E-state index contributed by atoms with van der Waals surface area (Å²) in [7, 11) is 3.31. The van der Waals surface area contributed by atoms with E-state index in [1.807, 2.05) is 4.90 Å². The molecule has 2 rings (SSSR count). The van der Waals surface area contributed by atoms with Crippen LogP contribution in [0.5, 0.6) is 0 Å². The van der Waals surface area contributed by atoms with Crippen LogP contribution in [0.1, 0.15) is 0 Å². The molecule has 0 radical (unpaired) electrons. The minimum absolute atomic E-state index is 0.00164. The fourth-order valence-electron chi connectivity index (χ4n) is 2.22. The number of halogens is 2. The Morgan fingerprint density at radius 1 is 1.28 bits per heavy atom. The number of ether oxygens (including phenoxy) is 2. The van der Waals surface area contributed by atoms with E-state index in [9.17, 15) is 4.39 Å². The Kier molecular flexibility index (Phi) is 4.09. The van der Waals surface area contributed by atoms with E-state index in [0.717, 1.165) is 5.69 Å². The molecule has 0 saturated carbocycles. The van der Waals surface area contributed by atoms with Gasteiger partial charge in [-0.2, -0.15) is 0 Å². The summed E-state index contributed by atoms with van der Waals surface area (Å²) in [5, 5.41) is 0. The zero-order valence-corrected chi connectivity index (χ0v) is 11.9. The Labute approximate surface area is 114 Å². The molecule has 0 bridgehead atoms. The van der Waals surface area contributed by atoms with Crippen LogP contribution in [0.2, 0.25) is 0 Å². The number of hydrogen-bond acceptors (Lipinski definition) is 4. The van der Waals surface area contributed by atoms with Gasteiger partial charge in [-0.05, 0) is 22.0 Å². The summed E-state index contributed by atoms with van der Waals surface area (Å²) in [5.74, 6) is -0.359. The first kappa shape index (κ1) is 13.6. The van der Waals surface area contributed by atoms with E-state index in [1.54, 1.807) is 20.3 Å². The quantitative estimate of drug-likeness (QED) is 0.866. The van der Waals surface area contributed by atoms with Crippen molar-refractivity contribution in [3.05, 3.63) is 22.4 Å². The van der Waals surface area contributed by atoms with Gasteiger partial charge in [0.05, 0.1) is 15.8 Å². The van der Waals surface area contributed by atoms with Gasteiger partial charge in [-0.25, -0.2) is 4.39 Å². The first-order valence-electron chi connectivity index (χ1n) is 5.62. The highest BCUT2D eigenvalue weighted by Gasteiger charge is 2.34. The molecule has 1 aromatic rings.